The molecule has 15 heteroatoms. The number of aromatic amines is 1. The van der Waals surface area contributed by atoms with Gasteiger partial charge in [0.05, 0.1) is 49.4 Å². The lowest BCUT2D eigenvalue weighted by Gasteiger charge is -2.31. The van der Waals surface area contributed by atoms with Gasteiger partial charge in [-0.3, -0.25) is 14.6 Å². The third kappa shape index (κ3) is 8.15. The number of amides is 4. The highest BCUT2D eigenvalue weighted by molar-refractivity contribution is 6.05. The quantitative estimate of drug-likeness (QED) is 0.112. The summed E-state index contributed by atoms with van der Waals surface area (Å²) in [5.41, 5.74) is 8.64. The first-order valence-corrected chi connectivity index (χ1v) is 22.2. The number of aromatic nitrogens is 3. The van der Waals surface area contributed by atoms with Crippen LogP contribution in [-0.4, -0.2) is 99.5 Å². The van der Waals surface area contributed by atoms with Gasteiger partial charge in [-0.2, -0.15) is 0 Å². The number of hydrogen-bond donors (Lipinski definition) is 3. The summed E-state index contributed by atoms with van der Waals surface area (Å²) < 4.78 is 18.8. The van der Waals surface area contributed by atoms with Crippen molar-refractivity contribution in [3.8, 4) is 28.3 Å². The maximum absolute atomic E-state index is 13.8. The molecule has 0 saturated carbocycles. The molecule has 0 radical (unpaired) electrons. The van der Waals surface area contributed by atoms with Crippen molar-refractivity contribution in [3.05, 3.63) is 114 Å². The molecule has 0 aliphatic carbocycles. The monoisotopic (exact) mass is 878 g/mol. The summed E-state index contributed by atoms with van der Waals surface area (Å²) in [7, 11) is 2.58. The molecule has 1 saturated heterocycles. The van der Waals surface area contributed by atoms with Crippen LogP contribution < -0.4 is 15.4 Å². The Balaban J connectivity index is 0.975. The Kier molecular flexibility index (Phi) is 11.8. The van der Waals surface area contributed by atoms with Crippen molar-refractivity contribution in [3.63, 3.8) is 0 Å². The highest BCUT2D eigenvalue weighted by Crippen LogP contribution is 2.46. The van der Waals surface area contributed by atoms with Gasteiger partial charge in [0.2, 0.25) is 18.0 Å². The van der Waals surface area contributed by atoms with E-state index >= 15 is 0 Å². The van der Waals surface area contributed by atoms with Gasteiger partial charge in [0.25, 0.3) is 0 Å². The number of hydrogen-bond acceptors (Lipinski definition) is 9. The molecule has 3 N–H and O–H groups in total. The summed E-state index contributed by atoms with van der Waals surface area (Å²) in [6.07, 6.45) is 8.09. The van der Waals surface area contributed by atoms with Gasteiger partial charge in [-0.05, 0) is 66.1 Å². The Bertz CT molecular complexity index is 2750. The molecule has 6 heterocycles. The molecular weight excluding hydrogens is 825 g/mol. The van der Waals surface area contributed by atoms with Crippen LogP contribution in [0.1, 0.15) is 76.2 Å². The van der Waals surface area contributed by atoms with Gasteiger partial charge in [-0.15, -0.1) is 0 Å². The molecule has 4 aliphatic rings. The Morgan fingerprint density at radius 3 is 2.26 bits per heavy atom. The maximum atomic E-state index is 13.8. The fourth-order valence-corrected chi connectivity index (χ4v) is 9.47. The molecule has 4 aliphatic heterocycles. The van der Waals surface area contributed by atoms with E-state index in [1.54, 1.807) is 4.90 Å². The third-order valence-corrected chi connectivity index (χ3v) is 12.9. The fraction of sp³-hybridized carbons (Fsp3) is 0.360. The molecule has 1 fully saturated rings. The fourth-order valence-electron chi connectivity index (χ4n) is 9.47. The molecule has 2 aromatic heterocycles. The Hall–Kier alpha value is -7.16. The number of likely N-dealkylation sites (tertiary alicyclic amines) is 1. The van der Waals surface area contributed by atoms with Gasteiger partial charge in [0.15, 0.2) is 0 Å². The second-order valence-electron chi connectivity index (χ2n) is 17.7. The van der Waals surface area contributed by atoms with Crippen molar-refractivity contribution < 1.29 is 33.4 Å². The number of fused-ring (bicyclic) bond motifs is 5. The Morgan fingerprint density at radius 2 is 1.55 bits per heavy atom. The lowest BCUT2D eigenvalue weighted by molar-refractivity contribution is -0.135. The minimum Gasteiger partial charge on any atom is -0.465 e. The van der Waals surface area contributed by atoms with Crippen LogP contribution in [0, 0.1) is 11.8 Å². The number of nitrogens with one attached hydrogen (secondary N) is 3. The van der Waals surface area contributed by atoms with Crippen LogP contribution in [0.15, 0.2) is 102 Å². The number of carbonyl (C=O) groups excluding carboxylic acids is 4. The van der Waals surface area contributed by atoms with Crippen LogP contribution in [0.3, 0.4) is 0 Å². The van der Waals surface area contributed by atoms with Gasteiger partial charge >= 0.3 is 12.2 Å². The van der Waals surface area contributed by atoms with Crippen molar-refractivity contribution in [2.45, 2.75) is 77.4 Å². The zero-order valence-corrected chi connectivity index (χ0v) is 37.4. The molecule has 3 aromatic carbocycles. The van der Waals surface area contributed by atoms with E-state index in [0.29, 0.717) is 25.3 Å². The van der Waals surface area contributed by atoms with Gasteiger partial charge in [-0.25, -0.2) is 14.6 Å². The van der Waals surface area contributed by atoms with E-state index in [9.17, 15) is 19.2 Å². The second-order valence-corrected chi connectivity index (χ2v) is 17.7. The lowest BCUT2D eigenvalue weighted by Crippen LogP contribution is -2.53. The van der Waals surface area contributed by atoms with Crippen molar-refractivity contribution in [2.24, 2.45) is 16.8 Å². The number of ether oxygens (including phenoxy) is 3. The average molecular weight is 879 g/mol. The second kappa shape index (κ2) is 17.8. The largest absolute Gasteiger partial charge is 0.465 e. The van der Waals surface area contributed by atoms with Gasteiger partial charge in [0, 0.05) is 53.5 Å². The number of aliphatic imine (C=N–C) groups is 1. The predicted molar refractivity (Wildman–Crippen MR) is 247 cm³/mol. The van der Waals surface area contributed by atoms with Crippen molar-refractivity contribution >= 4 is 46.2 Å². The number of alkyl carbamates (subject to hydrolysis) is 2. The number of H-pyrrole nitrogens is 1. The van der Waals surface area contributed by atoms with E-state index in [1.807, 2.05) is 75.3 Å². The SMILES string of the molecule is COC(=O)N[C@H](C(=O)N1CCCC1c1ncc(-c2ccc3c(c2)cc2n3C(c3ccccc3)Oc3cc(C4=CN=C([C@@H]5C=CCN5C(=O)[C@@H](NC(=O)OC)C(C)C)C4)ccc3-2)[nH]1)C(C)C. The lowest BCUT2D eigenvalue weighted by atomic mass is 9.96. The van der Waals surface area contributed by atoms with Gasteiger partial charge < -0.3 is 44.2 Å². The smallest absolute Gasteiger partial charge is 0.407 e. The Labute approximate surface area is 377 Å². The number of carbonyl (C=O) groups is 4. The average Bonchev–Trinajstić information content (AvgIpc) is 4.18. The zero-order valence-electron chi connectivity index (χ0n) is 37.4. The number of rotatable bonds is 11. The van der Waals surface area contributed by atoms with E-state index in [-0.39, 0.29) is 35.7 Å². The van der Waals surface area contributed by atoms with E-state index in [0.717, 1.165) is 74.4 Å². The number of benzene rings is 3. The number of nitrogens with zero attached hydrogens (tertiary/aromatic N) is 5. The van der Waals surface area contributed by atoms with E-state index in [1.165, 1.54) is 14.2 Å². The third-order valence-electron chi connectivity index (χ3n) is 12.9. The van der Waals surface area contributed by atoms with Crippen molar-refractivity contribution in [1.82, 2.24) is 35.0 Å². The van der Waals surface area contributed by atoms with Crippen LogP contribution in [0.25, 0.3) is 39.0 Å². The van der Waals surface area contributed by atoms with Crippen LogP contribution in [0.5, 0.6) is 5.75 Å². The molecule has 15 nitrogen and oxygen atoms in total. The highest BCUT2D eigenvalue weighted by atomic mass is 16.5. The molecular formula is C50H54N8O7. The van der Waals surface area contributed by atoms with Crippen LogP contribution in [-0.2, 0) is 19.1 Å². The first-order chi connectivity index (χ1) is 31.4. The minimum atomic E-state index is -0.732. The molecule has 65 heavy (non-hydrogen) atoms. The minimum absolute atomic E-state index is 0.127. The first-order valence-electron chi connectivity index (χ1n) is 22.2. The number of imidazole rings is 1. The van der Waals surface area contributed by atoms with Crippen LogP contribution >= 0.6 is 0 Å². The summed E-state index contributed by atoms with van der Waals surface area (Å²) in [5, 5.41) is 6.46. The van der Waals surface area contributed by atoms with Gasteiger partial charge in [-0.1, -0.05) is 82.3 Å². The topological polar surface area (TPSA) is 172 Å². The van der Waals surface area contributed by atoms with E-state index < -0.39 is 30.5 Å². The van der Waals surface area contributed by atoms with Gasteiger partial charge in [0.1, 0.15) is 23.7 Å². The van der Waals surface area contributed by atoms with Crippen LogP contribution in [0.4, 0.5) is 9.59 Å². The molecule has 0 bridgehead atoms. The van der Waals surface area contributed by atoms with E-state index in [4.69, 9.17) is 24.2 Å². The first kappa shape index (κ1) is 43.1. The summed E-state index contributed by atoms with van der Waals surface area (Å²) >= 11 is 0. The number of methoxy groups -OCH3 is 2. The summed E-state index contributed by atoms with van der Waals surface area (Å²) in [5.74, 6) is 0.859. The molecule has 9 rings (SSSR count). The van der Waals surface area contributed by atoms with E-state index in [2.05, 4.69) is 74.8 Å². The normalized spacial score (nSPS) is 19.7. The Morgan fingerprint density at radius 1 is 0.846 bits per heavy atom. The molecule has 4 amide bonds. The molecule has 5 aromatic rings. The van der Waals surface area contributed by atoms with Crippen LogP contribution in [0.2, 0.25) is 0 Å². The zero-order chi connectivity index (χ0) is 45.5. The predicted octanol–water partition coefficient (Wildman–Crippen LogP) is 8.02. The standard InChI is InChI=1S/C50H54N8O7/c1-28(2)43(54-49(61)63-5)46(59)56-20-10-14-39(56)36-23-34(26-51-36)31-16-18-35-41-24-33-22-32(17-19-38(33)58(41)48(65-42(35)25-31)30-12-8-7-9-13-30)37-27-52-45(53-37)40-15-11-21-57(40)47(60)44(29(3)4)55-50(62)64-6/h7-10,12-14,16-19,22,24-29,39-40,43-44,48H,11,15,20-21,23H2,1-6H3,(H,52,53)(H,54,61)(H,55,62)/t39-,40?,43-,44-,48?/m0/s1. The number of allylic oxidation sites excluding steroid dienone is 1. The molecule has 0 spiro atoms. The summed E-state index contributed by atoms with van der Waals surface area (Å²) in [4.78, 5) is 68.5. The molecule has 336 valence electrons. The highest BCUT2D eigenvalue weighted by Gasteiger charge is 2.39. The maximum Gasteiger partial charge on any atom is 0.407 e. The van der Waals surface area contributed by atoms with Crippen molar-refractivity contribution in [2.75, 3.05) is 27.3 Å². The molecule has 2 unspecified atom stereocenters. The summed E-state index contributed by atoms with van der Waals surface area (Å²) in [6, 6.07) is 23.0. The summed E-state index contributed by atoms with van der Waals surface area (Å²) in [6.45, 7) is 8.60. The molecule has 5 atom stereocenters. The van der Waals surface area contributed by atoms with Crippen molar-refractivity contribution in [1.29, 1.82) is 0 Å².